The number of rotatable bonds is 2. The summed E-state index contributed by atoms with van der Waals surface area (Å²) in [5.74, 6) is -0.227. The molecule has 0 aliphatic heterocycles. The van der Waals surface area contributed by atoms with Crippen molar-refractivity contribution in [3.63, 3.8) is 0 Å². The van der Waals surface area contributed by atoms with Gasteiger partial charge in [-0.25, -0.2) is 4.39 Å². The Balaban J connectivity index is 2.08. The fourth-order valence-corrected chi connectivity index (χ4v) is 2.24. The molecule has 0 bridgehead atoms. The Morgan fingerprint density at radius 3 is 2.74 bits per heavy atom. The van der Waals surface area contributed by atoms with Crippen molar-refractivity contribution in [3.8, 4) is 0 Å². The van der Waals surface area contributed by atoms with Crippen molar-refractivity contribution >= 4 is 16.6 Å². The zero-order valence-electron chi connectivity index (χ0n) is 10.3. The summed E-state index contributed by atoms with van der Waals surface area (Å²) in [5, 5.41) is 1.05. The number of hydrogen-bond donors (Lipinski definition) is 1. The molecule has 0 radical (unpaired) electrons. The summed E-state index contributed by atoms with van der Waals surface area (Å²) in [6.07, 6.45) is 2.27. The van der Waals surface area contributed by atoms with Gasteiger partial charge in [0.25, 0.3) is 0 Å². The molecule has 1 aromatic heterocycles. The van der Waals surface area contributed by atoms with Gasteiger partial charge >= 0.3 is 0 Å². The summed E-state index contributed by atoms with van der Waals surface area (Å²) in [5.41, 5.74) is 8.87. The van der Waals surface area contributed by atoms with E-state index in [9.17, 15) is 4.39 Å². The Hall–Kier alpha value is -2.42. The van der Waals surface area contributed by atoms with Crippen molar-refractivity contribution in [2.45, 2.75) is 6.42 Å². The Labute approximate surface area is 110 Å². The molecule has 0 aliphatic rings. The number of aromatic nitrogens is 1. The van der Waals surface area contributed by atoms with E-state index in [0.29, 0.717) is 17.7 Å². The van der Waals surface area contributed by atoms with Crippen LogP contribution in [0.3, 0.4) is 0 Å². The van der Waals surface area contributed by atoms with Crippen molar-refractivity contribution in [1.82, 2.24) is 4.98 Å². The lowest BCUT2D eigenvalue weighted by molar-refractivity contribution is 0.614. The van der Waals surface area contributed by atoms with E-state index >= 15 is 0 Å². The van der Waals surface area contributed by atoms with E-state index in [4.69, 9.17) is 5.73 Å². The molecule has 2 aromatic carbocycles. The third-order valence-corrected chi connectivity index (χ3v) is 3.19. The first kappa shape index (κ1) is 11.7. The largest absolute Gasteiger partial charge is 0.399 e. The summed E-state index contributed by atoms with van der Waals surface area (Å²) < 4.78 is 13.8. The molecule has 0 amide bonds. The number of anilines is 1. The van der Waals surface area contributed by atoms with Crippen molar-refractivity contribution in [3.05, 3.63) is 71.7 Å². The van der Waals surface area contributed by atoms with E-state index < -0.39 is 0 Å². The van der Waals surface area contributed by atoms with Gasteiger partial charge < -0.3 is 5.73 Å². The number of halogens is 1. The lowest BCUT2D eigenvalue weighted by atomic mass is 10.0. The molecule has 3 rings (SSSR count). The van der Waals surface area contributed by atoms with E-state index in [2.05, 4.69) is 4.98 Å². The van der Waals surface area contributed by atoms with Crippen molar-refractivity contribution in [2.24, 2.45) is 0 Å². The molecule has 0 unspecified atom stereocenters. The van der Waals surface area contributed by atoms with Crippen LogP contribution in [0, 0.1) is 5.82 Å². The van der Waals surface area contributed by atoms with Crippen molar-refractivity contribution in [1.29, 1.82) is 0 Å². The quantitative estimate of drug-likeness (QED) is 0.708. The molecule has 94 valence electrons. The molecule has 19 heavy (non-hydrogen) atoms. The minimum absolute atomic E-state index is 0.227. The molecule has 3 aromatic rings. The maximum absolute atomic E-state index is 13.8. The number of para-hydroxylation sites is 1. The van der Waals surface area contributed by atoms with Gasteiger partial charge in [-0.15, -0.1) is 0 Å². The van der Waals surface area contributed by atoms with Crippen LogP contribution in [0.5, 0.6) is 0 Å². The predicted octanol–water partition coefficient (Wildman–Crippen LogP) is 3.55. The van der Waals surface area contributed by atoms with Crippen molar-refractivity contribution < 1.29 is 4.39 Å². The number of nitrogens with zero attached hydrogens (tertiary/aromatic N) is 1. The number of fused-ring (bicyclic) bond motifs is 1. The van der Waals surface area contributed by atoms with Crippen LogP contribution < -0.4 is 5.73 Å². The molecular weight excluding hydrogens is 239 g/mol. The monoisotopic (exact) mass is 252 g/mol. The zero-order valence-corrected chi connectivity index (χ0v) is 10.3. The van der Waals surface area contributed by atoms with Crippen molar-refractivity contribution in [2.75, 3.05) is 5.73 Å². The smallest absolute Gasteiger partial charge is 0.126 e. The number of benzene rings is 2. The second-order valence-corrected chi connectivity index (χ2v) is 4.51. The topological polar surface area (TPSA) is 38.9 Å². The molecule has 0 aliphatic carbocycles. The minimum Gasteiger partial charge on any atom is -0.399 e. The molecule has 3 heteroatoms. The second-order valence-electron chi connectivity index (χ2n) is 4.51. The summed E-state index contributed by atoms with van der Waals surface area (Å²) in [7, 11) is 0. The van der Waals surface area contributed by atoms with Crippen LogP contribution in [0.4, 0.5) is 10.1 Å². The first-order valence-electron chi connectivity index (χ1n) is 6.10. The third-order valence-electron chi connectivity index (χ3n) is 3.19. The van der Waals surface area contributed by atoms with Gasteiger partial charge in [-0.1, -0.05) is 18.2 Å². The number of nitrogen functional groups attached to an aromatic ring is 1. The SMILES string of the molecule is Nc1ccc(F)c(Cc2ccnc3ccccc23)c1. The predicted molar refractivity (Wildman–Crippen MR) is 75.4 cm³/mol. The highest BCUT2D eigenvalue weighted by Crippen LogP contribution is 2.22. The summed E-state index contributed by atoms with van der Waals surface area (Å²) >= 11 is 0. The number of nitrogens with two attached hydrogens (primary N) is 1. The summed E-state index contributed by atoms with van der Waals surface area (Å²) in [4.78, 5) is 4.31. The molecular formula is C16H13FN2. The summed E-state index contributed by atoms with van der Waals surface area (Å²) in [6.45, 7) is 0. The van der Waals surface area contributed by atoms with Gasteiger partial charge in [0, 0.05) is 23.7 Å². The number of hydrogen-bond acceptors (Lipinski definition) is 2. The maximum atomic E-state index is 13.8. The Kier molecular flexibility index (Phi) is 2.88. The van der Waals surface area contributed by atoms with Crippen LogP contribution in [0.1, 0.15) is 11.1 Å². The summed E-state index contributed by atoms with van der Waals surface area (Å²) in [6, 6.07) is 14.5. The number of pyridine rings is 1. The Morgan fingerprint density at radius 1 is 1.00 bits per heavy atom. The van der Waals surface area contributed by atoms with Gasteiger partial charge in [-0.05, 0) is 41.5 Å². The lowest BCUT2D eigenvalue weighted by Gasteiger charge is -2.07. The lowest BCUT2D eigenvalue weighted by Crippen LogP contribution is -1.96. The second kappa shape index (κ2) is 4.69. The molecule has 0 atom stereocenters. The average molecular weight is 252 g/mol. The molecule has 1 heterocycles. The van der Waals surface area contributed by atoms with E-state index in [0.717, 1.165) is 16.5 Å². The Morgan fingerprint density at radius 2 is 1.84 bits per heavy atom. The van der Waals surface area contributed by atoms with E-state index in [1.807, 2.05) is 30.3 Å². The Bertz CT molecular complexity index is 732. The third kappa shape index (κ3) is 2.27. The molecule has 0 saturated heterocycles. The van der Waals surface area contributed by atoms with Crippen LogP contribution in [0.2, 0.25) is 0 Å². The minimum atomic E-state index is -0.227. The highest BCUT2D eigenvalue weighted by atomic mass is 19.1. The first-order valence-corrected chi connectivity index (χ1v) is 6.10. The van der Waals surface area contributed by atoms with Gasteiger partial charge in [-0.2, -0.15) is 0 Å². The highest BCUT2D eigenvalue weighted by Gasteiger charge is 2.07. The van der Waals surface area contributed by atoms with E-state index in [1.165, 1.54) is 6.07 Å². The average Bonchev–Trinajstić information content (AvgIpc) is 2.43. The van der Waals surface area contributed by atoms with E-state index in [1.54, 1.807) is 18.3 Å². The highest BCUT2D eigenvalue weighted by molar-refractivity contribution is 5.82. The van der Waals surface area contributed by atoms with Gasteiger partial charge in [0.1, 0.15) is 5.82 Å². The van der Waals surface area contributed by atoms with Crippen LogP contribution in [-0.4, -0.2) is 4.98 Å². The fourth-order valence-electron chi connectivity index (χ4n) is 2.24. The van der Waals surface area contributed by atoms with Gasteiger partial charge in [-0.3, -0.25) is 4.98 Å². The van der Waals surface area contributed by atoms with Gasteiger partial charge in [0.2, 0.25) is 0 Å². The molecule has 0 spiro atoms. The molecule has 2 nitrogen and oxygen atoms in total. The fraction of sp³-hybridized carbons (Fsp3) is 0.0625. The van der Waals surface area contributed by atoms with Gasteiger partial charge in [0.05, 0.1) is 5.52 Å². The van der Waals surface area contributed by atoms with E-state index in [-0.39, 0.29) is 5.82 Å². The molecule has 0 fully saturated rings. The van der Waals surface area contributed by atoms with Crippen LogP contribution >= 0.6 is 0 Å². The van der Waals surface area contributed by atoms with Crippen LogP contribution in [0.25, 0.3) is 10.9 Å². The zero-order chi connectivity index (χ0) is 13.2. The first-order chi connectivity index (χ1) is 9.24. The molecule has 0 saturated carbocycles. The van der Waals surface area contributed by atoms with Gasteiger partial charge in [0.15, 0.2) is 0 Å². The normalized spacial score (nSPS) is 10.8. The maximum Gasteiger partial charge on any atom is 0.126 e. The standard InChI is InChI=1S/C16H13FN2/c17-15-6-5-13(18)10-12(15)9-11-7-8-19-16-4-2-1-3-14(11)16/h1-8,10H,9,18H2. The van der Waals surface area contributed by atoms with Crippen LogP contribution in [-0.2, 0) is 6.42 Å². The van der Waals surface area contributed by atoms with Crippen LogP contribution in [0.15, 0.2) is 54.7 Å². The molecule has 2 N–H and O–H groups in total.